The molecule has 0 amide bonds. The molecule has 0 N–H and O–H groups in total. The van der Waals surface area contributed by atoms with Crippen LogP contribution < -0.4 is 0 Å². The van der Waals surface area contributed by atoms with E-state index in [4.69, 9.17) is 0 Å². The van der Waals surface area contributed by atoms with Gasteiger partial charge in [-0.3, -0.25) is 4.79 Å². The van der Waals surface area contributed by atoms with Crippen LogP contribution in [0.1, 0.15) is 57.2 Å². The van der Waals surface area contributed by atoms with Crippen LogP contribution in [-0.2, 0) is 11.2 Å². The summed E-state index contributed by atoms with van der Waals surface area (Å²) >= 11 is 0. The van der Waals surface area contributed by atoms with E-state index in [1.54, 1.807) is 6.92 Å². The van der Waals surface area contributed by atoms with Gasteiger partial charge in [0, 0.05) is 6.42 Å². The van der Waals surface area contributed by atoms with Crippen LogP contribution in [0, 0.1) is 11.3 Å². The van der Waals surface area contributed by atoms with E-state index in [2.05, 4.69) is 39.0 Å². The Morgan fingerprint density at radius 2 is 2.00 bits per heavy atom. The summed E-state index contributed by atoms with van der Waals surface area (Å²) in [6, 6.07) is 7.98. The Kier molecular flexibility index (Phi) is 6.62. The fourth-order valence-electron chi connectivity index (χ4n) is 2.17. The molecule has 0 aliphatic rings. The largest absolute Gasteiger partial charge is 0.300 e. The summed E-state index contributed by atoms with van der Waals surface area (Å²) in [6.45, 7) is 7.87. The van der Waals surface area contributed by atoms with Crippen molar-refractivity contribution in [3.8, 4) is 6.07 Å². The van der Waals surface area contributed by atoms with Crippen molar-refractivity contribution in [1.82, 2.24) is 0 Å². The Bertz CT molecular complexity index is 615. The Morgan fingerprint density at radius 3 is 2.52 bits per heavy atom. The number of benzene rings is 1. The molecule has 0 aliphatic carbocycles. The highest BCUT2D eigenvalue weighted by Gasteiger charge is 2.08. The zero-order valence-electron chi connectivity index (χ0n) is 13.4. The lowest BCUT2D eigenvalue weighted by Crippen LogP contribution is -1.98. The molecule has 1 rings (SSSR count). The number of nitriles is 1. The van der Waals surface area contributed by atoms with Crippen molar-refractivity contribution in [3.63, 3.8) is 0 Å². The first-order valence-corrected chi connectivity index (χ1v) is 7.41. The van der Waals surface area contributed by atoms with Crippen LogP contribution in [0.4, 0.5) is 0 Å². The molecule has 21 heavy (non-hydrogen) atoms. The van der Waals surface area contributed by atoms with Gasteiger partial charge in [-0.2, -0.15) is 5.26 Å². The lowest BCUT2D eigenvalue weighted by atomic mass is 9.94. The molecule has 2 nitrogen and oxygen atoms in total. The van der Waals surface area contributed by atoms with Crippen molar-refractivity contribution in [2.45, 2.75) is 47.0 Å². The quantitative estimate of drug-likeness (QED) is 0.700. The van der Waals surface area contributed by atoms with Gasteiger partial charge in [0.25, 0.3) is 0 Å². The van der Waals surface area contributed by atoms with Crippen molar-refractivity contribution in [2.75, 3.05) is 0 Å². The number of ketones is 1. The molecular weight excluding hydrogens is 258 g/mol. The molecule has 0 atom stereocenters. The summed E-state index contributed by atoms with van der Waals surface area (Å²) in [5, 5.41) is 9.40. The summed E-state index contributed by atoms with van der Waals surface area (Å²) in [5.41, 5.74) is 4.84. The monoisotopic (exact) mass is 281 g/mol. The van der Waals surface area contributed by atoms with E-state index in [1.807, 2.05) is 18.2 Å². The third-order valence-electron chi connectivity index (χ3n) is 3.35. The highest BCUT2D eigenvalue weighted by molar-refractivity contribution is 5.81. The predicted octanol–water partition coefficient (Wildman–Crippen LogP) is 4.84. The molecule has 0 aromatic heterocycles. The number of carbonyl (C=O) groups is 1. The van der Waals surface area contributed by atoms with E-state index in [-0.39, 0.29) is 5.78 Å². The Labute approximate surface area is 127 Å². The normalized spacial score (nSPS) is 12.1. The zero-order chi connectivity index (χ0) is 15.8. The highest BCUT2D eigenvalue weighted by atomic mass is 16.1. The topological polar surface area (TPSA) is 40.9 Å². The second-order valence-electron chi connectivity index (χ2n) is 5.28. The number of hydrogen-bond acceptors (Lipinski definition) is 2. The molecule has 0 unspecified atom stereocenters. The minimum Gasteiger partial charge on any atom is -0.300 e. The van der Waals surface area contributed by atoms with Crippen LogP contribution >= 0.6 is 0 Å². The van der Waals surface area contributed by atoms with Crippen LogP contribution in [0.15, 0.2) is 35.9 Å². The Hall–Kier alpha value is -2.14. The van der Waals surface area contributed by atoms with Crippen molar-refractivity contribution >= 4 is 11.4 Å². The van der Waals surface area contributed by atoms with Crippen LogP contribution in [0.25, 0.3) is 5.57 Å². The van der Waals surface area contributed by atoms with Gasteiger partial charge in [-0.25, -0.2) is 0 Å². The maximum absolute atomic E-state index is 11.2. The summed E-state index contributed by atoms with van der Waals surface area (Å²) in [4.78, 5) is 11.2. The Balaban J connectivity index is 3.30. The van der Waals surface area contributed by atoms with Crippen LogP contribution in [0.2, 0.25) is 0 Å². The lowest BCUT2D eigenvalue weighted by molar-refractivity contribution is -0.116. The molecule has 0 bridgehead atoms. The SMILES string of the molecule is CC/C=C(\C=C(\C)CC)c1ccc(CC(C)=O)cc1C#N. The molecule has 2 heteroatoms. The van der Waals surface area contributed by atoms with Crippen molar-refractivity contribution in [1.29, 1.82) is 5.26 Å². The molecule has 1 aromatic carbocycles. The van der Waals surface area contributed by atoms with Gasteiger partial charge in [0.1, 0.15) is 5.78 Å². The summed E-state index contributed by atoms with van der Waals surface area (Å²) in [7, 11) is 0. The fraction of sp³-hybridized carbons (Fsp3) is 0.368. The number of nitrogens with zero attached hydrogens (tertiary/aromatic N) is 1. The molecule has 0 radical (unpaired) electrons. The smallest absolute Gasteiger partial charge is 0.134 e. The first-order valence-electron chi connectivity index (χ1n) is 7.41. The minimum atomic E-state index is 0.109. The third-order valence-corrected chi connectivity index (χ3v) is 3.35. The summed E-state index contributed by atoms with van der Waals surface area (Å²) < 4.78 is 0. The molecule has 0 spiro atoms. The molecule has 0 heterocycles. The molecule has 110 valence electrons. The maximum atomic E-state index is 11.2. The van der Waals surface area contributed by atoms with Gasteiger partial charge in [0.15, 0.2) is 0 Å². The summed E-state index contributed by atoms with van der Waals surface area (Å²) in [6.07, 6.45) is 6.57. The number of carbonyl (C=O) groups excluding carboxylic acids is 1. The number of hydrogen-bond donors (Lipinski definition) is 0. The molecule has 0 saturated heterocycles. The lowest BCUT2D eigenvalue weighted by Gasteiger charge is -2.09. The van der Waals surface area contributed by atoms with Gasteiger partial charge >= 0.3 is 0 Å². The molecule has 0 saturated carbocycles. The maximum Gasteiger partial charge on any atom is 0.134 e. The first kappa shape index (κ1) is 16.9. The van der Waals surface area contributed by atoms with Gasteiger partial charge in [0.2, 0.25) is 0 Å². The van der Waals surface area contributed by atoms with Crippen LogP contribution in [-0.4, -0.2) is 5.78 Å². The molecule has 1 aromatic rings. The van der Waals surface area contributed by atoms with E-state index < -0.39 is 0 Å². The van der Waals surface area contributed by atoms with Crippen LogP contribution in [0.5, 0.6) is 0 Å². The number of Topliss-reactive ketones (excluding diaryl/α,β-unsaturated/α-hetero) is 1. The van der Waals surface area contributed by atoms with E-state index in [0.29, 0.717) is 12.0 Å². The first-order chi connectivity index (χ1) is 10.0. The van der Waals surface area contributed by atoms with Gasteiger partial charge in [-0.15, -0.1) is 0 Å². The van der Waals surface area contributed by atoms with E-state index in [9.17, 15) is 10.1 Å². The average molecular weight is 281 g/mol. The highest BCUT2D eigenvalue weighted by Crippen LogP contribution is 2.24. The van der Waals surface area contributed by atoms with Crippen LogP contribution in [0.3, 0.4) is 0 Å². The zero-order valence-corrected chi connectivity index (χ0v) is 13.4. The molecular formula is C19H23NO. The van der Waals surface area contributed by atoms with E-state index in [0.717, 1.165) is 29.5 Å². The standard InChI is InChI=1S/C19H23NO/c1-5-7-17(10-14(3)6-2)19-9-8-16(11-15(4)21)12-18(19)13-20/h7-10,12H,5-6,11H2,1-4H3/b14-10-,17-7+. The fourth-order valence-corrected chi connectivity index (χ4v) is 2.17. The van der Waals surface area contributed by atoms with Crippen molar-refractivity contribution in [3.05, 3.63) is 52.6 Å². The second-order valence-corrected chi connectivity index (χ2v) is 5.28. The van der Waals surface area contributed by atoms with Gasteiger partial charge < -0.3 is 0 Å². The number of allylic oxidation sites excluding steroid dienone is 4. The molecule has 0 fully saturated rings. The second kappa shape index (κ2) is 8.21. The average Bonchev–Trinajstić information content (AvgIpc) is 2.45. The summed E-state index contributed by atoms with van der Waals surface area (Å²) in [5.74, 6) is 0.109. The predicted molar refractivity (Wildman–Crippen MR) is 87.9 cm³/mol. The molecule has 0 aliphatic heterocycles. The third kappa shape index (κ3) is 5.04. The van der Waals surface area contributed by atoms with Crippen molar-refractivity contribution in [2.24, 2.45) is 0 Å². The van der Waals surface area contributed by atoms with E-state index >= 15 is 0 Å². The van der Waals surface area contributed by atoms with Gasteiger partial charge in [0.05, 0.1) is 11.6 Å². The Morgan fingerprint density at radius 1 is 1.29 bits per heavy atom. The van der Waals surface area contributed by atoms with E-state index in [1.165, 1.54) is 5.57 Å². The van der Waals surface area contributed by atoms with Gasteiger partial charge in [-0.05, 0) is 49.5 Å². The van der Waals surface area contributed by atoms with Crippen molar-refractivity contribution < 1.29 is 4.79 Å². The number of rotatable bonds is 6. The minimum absolute atomic E-state index is 0.109. The van der Waals surface area contributed by atoms with Gasteiger partial charge in [-0.1, -0.05) is 43.7 Å².